The zero-order valence-electron chi connectivity index (χ0n) is 14.7. The summed E-state index contributed by atoms with van der Waals surface area (Å²) in [5.74, 6) is -0.744. The molecule has 25 heavy (non-hydrogen) atoms. The van der Waals surface area contributed by atoms with Gasteiger partial charge in [0.25, 0.3) is 0 Å². The molecule has 1 atom stereocenters. The SMILES string of the molecule is CC(C(=O)OC(C)(C)C)c1ccnc2c(-c3ccc(Cl)cc3)cnn12. The van der Waals surface area contributed by atoms with Gasteiger partial charge in [-0.1, -0.05) is 23.7 Å². The summed E-state index contributed by atoms with van der Waals surface area (Å²) in [6, 6.07) is 9.29. The minimum atomic E-state index is -0.532. The van der Waals surface area contributed by atoms with Crippen molar-refractivity contribution in [2.45, 2.75) is 39.2 Å². The van der Waals surface area contributed by atoms with Crippen LogP contribution >= 0.6 is 11.6 Å². The number of fused-ring (bicyclic) bond motifs is 1. The van der Waals surface area contributed by atoms with Gasteiger partial charge in [0.05, 0.1) is 17.8 Å². The predicted octanol–water partition coefficient (Wildman–Crippen LogP) is 4.49. The fourth-order valence-electron chi connectivity index (χ4n) is 2.58. The fraction of sp³-hybridized carbons (Fsp3) is 0.316. The summed E-state index contributed by atoms with van der Waals surface area (Å²) in [4.78, 5) is 16.9. The summed E-state index contributed by atoms with van der Waals surface area (Å²) < 4.78 is 7.19. The molecule has 2 heterocycles. The minimum Gasteiger partial charge on any atom is -0.459 e. The van der Waals surface area contributed by atoms with Crippen LogP contribution in [0.1, 0.15) is 39.3 Å². The van der Waals surface area contributed by atoms with Crippen LogP contribution in [0.3, 0.4) is 0 Å². The predicted molar refractivity (Wildman–Crippen MR) is 97.7 cm³/mol. The molecule has 0 aliphatic heterocycles. The second-order valence-corrected chi connectivity index (χ2v) is 7.36. The smallest absolute Gasteiger partial charge is 0.315 e. The highest BCUT2D eigenvalue weighted by Gasteiger charge is 2.25. The van der Waals surface area contributed by atoms with E-state index in [1.807, 2.05) is 52.0 Å². The zero-order valence-corrected chi connectivity index (χ0v) is 15.4. The van der Waals surface area contributed by atoms with E-state index in [0.717, 1.165) is 16.8 Å². The van der Waals surface area contributed by atoms with Gasteiger partial charge in [0.15, 0.2) is 5.65 Å². The Balaban J connectivity index is 2.01. The molecule has 3 rings (SSSR count). The molecule has 0 bridgehead atoms. The average molecular weight is 358 g/mol. The number of carbonyl (C=O) groups is 1. The molecule has 0 spiro atoms. The molecule has 3 aromatic rings. The van der Waals surface area contributed by atoms with Crippen LogP contribution in [0.2, 0.25) is 5.02 Å². The molecule has 1 aromatic carbocycles. The van der Waals surface area contributed by atoms with Gasteiger partial charge >= 0.3 is 5.97 Å². The van der Waals surface area contributed by atoms with Gasteiger partial charge in [-0.25, -0.2) is 9.50 Å². The number of hydrogen-bond donors (Lipinski definition) is 0. The Hall–Kier alpha value is -2.40. The Morgan fingerprint density at radius 3 is 2.52 bits per heavy atom. The fourth-order valence-corrected chi connectivity index (χ4v) is 2.71. The van der Waals surface area contributed by atoms with Crippen molar-refractivity contribution in [3.63, 3.8) is 0 Å². The first-order valence-electron chi connectivity index (χ1n) is 8.08. The minimum absolute atomic E-state index is 0.288. The molecule has 130 valence electrons. The molecular formula is C19H20ClN3O2. The molecule has 0 radical (unpaired) electrons. The summed E-state index contributed by atoms with van der Waals surface area (Å²) in [6.45, 7) is 7.37. The largest absolute Gasteiger partial charge is 0.459 e. The number of hydrogen-bond acceptors (Lipinski definition) is 4. The molecule has 0 aliphatic rings. The number of carbonyl (C=O) groups excluding carboxylic acids is 1. The molecule has 0 aliphatic carbocycles. The van der Waals surface area contributed by atoms with Crippen molar-refractivity contribution in [2.24, 2.45) is 0 Å². The van der Waals surface area contributed by atoms with Gasteiger partial charge < -0.3 is 4.74 Å². The lowest BCUT2D eigenvalue weighted by molar-refractivity contribution is -0.156. The van der Waals surface area contributed by atoms with Crippen LogP contribution in [0.4, 0.5) is 0 Å². The van der Waals surface area contributed by atoms with Crippen molar-refractivity contribution in [3.05, 3.63) is 53.4 Å². The van der Waals surface area contributed by atoms with Crippen LogP contribution in [-0.4, -0.2) is 26.2 Å². The van der Waals surface area contributed by atoms with Crippen LogP contribution in [0.25, 0.3) is 16.8 Å². The first kappa shape index (κ1) is 17.4. The van der Waals surface area contributed by atoms with Crippen molar-refractivity contribution >= 4 is 23.2 Å². The lowest BCUT2D eigenvalue weighted by Crippen LogP contribution is -2.27. The Labute approximate surface area is 151 Å². The Morgan fingerprint density at radius 2 is 1.88 bits per heavy atom. The molecule has 2 aromatic heterocycles. The summed E-state index contributed by atoms with van der Waals surface area (Å²) in [7, 11) is 0. The Morgan fingerprint density at radius 1 is 1.20 bits per heavy atom. The van der Waals surface area contributed by atoms with Gasteiger partial charge in [-0.2, -0.15) is 5.10 Å². The first-order valence-corrected chi connectivity index (χ1v) is 8.45. The van der Waals surface area contributed by atoms with E-state index in [4.69, 9.17) is 16.3 Å². The zero-order chi connectivity index (χ0) is 18.2. The van der Waals surface area contributed by atoms with Crippen LogP contribution < -0.4 is 0 Å². The number of benzene rings is 1. The number of esters is 1. The maximum Gasteiger partial charge on any atom is 0.315 e. The number of rotatable bonds is 3. The molecular weight excluding hydrogens is 338 g/mol. The van der Waals surface area contributed by atoms with Crippen molar-refractivity contribution in [3.8, 4) is 11.1 Å². The monoisotopic (exact) mass is 357 g/mol. The molecule has 5 nitrogen and oxygen atoms in total. The van der Waals surface area contributed by atoms with Crippen molar-refractivity contribution in [2.75, 3.05) is 0 Å². The van der Waals surface area contributed by atoms with E-state index in [2.05, 4.69) is 10.1 Å². The number of ether oxygens (including phenoxy) is 1. The highest BCUT2D eigenvalue weighted by atomic mass is 35.5. The van der Waals surface area contributed by atoms with Crippen LogP contribution in [0.15, 0.2) is 42.7 Å². The standard InChI is InChI=1S/C19H20ClN3O2/c1-12(18(24)25-19(2,3)4)16-9-10-21-17-15(11-22-23(16)17)13-5-7-14(20)8-6-13/h5-12H,1-4H3. The Bertz CT molecular complexity index is 911. The number of nitrogens with zero attached hydrogens (tertiary/aromatic N) is 3. The van der Waals surface area contributed by atoms with Crippen molar-refractivity contribution < 1.29 is 9.53 Å². The maximum absolute atomic E-state index is 12.4. The second kappa shape index (κ2) is 6.48. The molecule has 1 unspecified atom stereocenters. The van der Waals surface area contributed by atoms with E-state index in [9.17, 15) is 4.79 Å². The molecule has 0 saturated heterocycles. The number of halogens is 1. The molecule has 0 amide bonds. The summed E-state index contributed by atoms with van der Waals surface area (Å²) >= 11 is 5.96. The van der Waals surface area contributed by atoms with E-state index in [1.54, 1.807) is 23.0 Å². The van der Waals surface area contributed by atoms with Crippen molar-refractivity contribution in [1.82, 2.24) is 14.6 Å². The third-order valence-electron chi connectivity index (χ3n) is 3.79. The van der Waals surface area contributed by atoms with Gasteiger partial charge in [-0.3, -0.25) is 4.79 Å². The molecule has 6 heteroatoms. The first-order chi connectivity index (χ1) is 11.8. The van der Waals surface area contributed by atoms with Crippen LogP contribution in [0.5, 0.6) is 0 Å². The topological polar surface area (TPSA) is 56.5 Å². The van der Waals surface area contributed by atoms with Gasteiger partial charge in [0, 0.05) is 16.8 Å². The molecule has 0 N–H and O–H groups in total. The third-order valence-corrected chi connectivity index (χ3v) is 4.04. The third kappa shape index (κ3) is 3.66. The van der Waals surface area contributed by atoms with Crippen LogP contribution in [0, 0.1) is 0 Å². The average Bonchev–Trinajstić information content (AvgIpc) is 2.97. The number of aromatic nitrogens is 3. The second-order valence-electron chi connectivity index (χ2n) is 6.93. The van der Waals surface area contributed by atoms with Gasteiger partial charge in [0.1, 0.15) is 5.60 Å². The molecule has 0 fully saturated rings. The summed E-state index contributed by atoms with van der Waals surface area (Å²) in [6.07, 6.45) is 3.43. The lowest BCUT2D eigenvalue weighted by Gasteiger charge is -2.22. The van der Waals surface area contributed by atoms with Crippen molar-refractivity contribution in [1.29, 1.82) is 0 Å². The Kier molecular flexibility index (Phi) is 4.52. The molecule has 0 saturated carbocycles. The highest BCUT2D eigenvalue weighted by Crippen LogP contribution is 2.27. The van der Waals surface area contributed by atoms with E-state index in [-0.39, 0.29) is 5.97 Å². The quantitative estimate of drug-likeness (QED) is 0.648. The van der Waals surface area contributed by atoms with E-state index >= 15 is 0 Å². The lowest BCUT2D eigenvalue weighted by atomic mass is 10.1. The normalized spacial score (nSPS) is 13.0. The summed E-state index contributed by atoms with van der Waals surface area (Å²) in [5, 5.41) is 5.10. The van der Waals surface area contributed by atoms with Gasteiger partial charge in [-0.15, -0.1) is 0 Å². The van der Waals surface area contributed by atoms with Crippen LogP contribution in [-0.2, 0) is 9.53 Å². The van der Waals surface area contributed by atoms with E-state index in [1.165, 1.54) is 0 Å². The van der Waals surface area contributed by atoms with Gasteiger partial charge in [0.2, 0.25) is 0 Å². The summed E-state index contributed by atoms with van der Waals surface area (Å²) in [5.41, 5.74) is 2.74. The van der Waals surface area contributed by atoms with E-state index in [0.29, 0.717) is 10.7 Å². The maximum atomic E-state index is 12.4. The van der Waals surface area contributed by atoms with Gasteiger partial charge in [-0.05, 0) is 51.5 Å². The highest BCUT2D eigenvalue weighted by molar-refractivity contribution is 6.30. The van der Waals surface area contributed by atoms with E-state index < -0.39 is 11.5 Å².